The Kier molecular flexibility index (Phi) is 5.35. The summed E-state index contributed by atoms with van der Waals surface area (Å²) in [4.78, 5) is 30.8. The molecule has 0 unspecified atom stereocenters. The van der Waals surface area contributed by atoms with Gasteiger partial charge in [-0.2, -0.15) is 0 Å². The maximum Gasteiger partial charge on any atom is 0.259 e. The molecule has 2 amide bonds. The first kappa shape index (κ1) is 18.1. The maximum atomic E-state index is 13.1. The van der Waals surface area contributed by atoms with Crippen molar-refractivity contribution in [3.63, 3.8) is 0 Å². The number of hydrogen-bond acceptors (Lipinski definition) is 5. The summed E-state index contributed by atoms with van der Waals surface area (Å²) in [6.07, 6.45) is 2.45. The molecule has 1 aliphatic heterocycles. The van der Waals surface area contributed by atoms with Crippen LogP contribution in [0.15, 0.2) is 22.7 Å². The minimum atomic E-state index is -0.0927. The topological polar surface area (TPSA) is 88.3 Å². The van der Waals surface area contributed by atoms with Gasteiger partial charge in [-0.05, 0) is 38.3 Å². The van der Waals surface area contributed by atoms with Crippen molar-refractivity contribution in [1.82, 2.24) is 20.4 Å². The highest BCUT2D eigenvalue weighted by Crippen LogP contribution is 2.33. The number of nitrogens with zero attached hydrogens (tertiary/aromatic N) is 3. The monoisotopic (exact) mass is 356 g/mol. The van der Waals surface area contributed by atoms with Crippen LogP contribution in [0.1, 0.15) is 65.9 Å². The Hall–Kier alpha value is -2.70. The van der Waals surface area contributed by atoms with Gasteiger partial charge in [0.2, 0.25) is 5.91 Å². The number of pyridine rings is 1. The van der Waals surface area contributed by atoms with Crippen molar-refractivity contribution in [3.8, 4) is 0 Å². The SMILES string of the molecule is CCc1noc(C)c1C(=O)N1CCC[C@H]1c1cccc(CNC(C)=O)n1. The average Bonchev–Trinajstić information content (AvgIpc) is 3.26. The van der Waals surface area contributed by atoms with Gasteiger partial charge in [-0.3, -0.25) is 14.6 Å². The molecule has 3 rings (SSSR count). The van der Waals surface area contributed by atoms with E-state index in [1.54, 1.807) is 6.92 Å². The van der Waals surface area contributed by atoms with Crippen LogP contribution >= 0.6 is 0 Å². The number of rotatable bonds is 5. The van der Waals surface area contributed by atoms with Gasteiger partial charge in [-0.1, -0.05) is 18.1 Å². The fraction of sp³-hybridized carbons (Fsp3) is 0.474. The number of hydrogen-bond donors (Lipinski definition) is 1. The summed E-state index contributed by atoms with van der Waals surface area (Å²) in [5.41, 5.74) is 2.91. The molecule has 2 aromatic heterocycles. The second-order valence-electron chi connectivity index (χ2n) is 6.53. The van der Waals surface area contributed by atoms with Gasteiger partial charge in [-0.25, -0.2) is 0 Å². The summed E-state index contributed by atoms with van der Waals surface area (Å²) in [5, 5.41) is 6.76. The minimum absolute atomic E-state index is 0.0443. The Morgan fingerprint density at radius 1 is 1.38 bits per heavy atom. The number of aromatic nitrogens is 2. The Bertz CT molecular complexity index is 815. The minimum Gasteiger partial charge on any atom is -0.361 e. The van der Waals surface area contributed by atoms with Gasteiger partial charge >= 0.3 is 0 Å². The zero-order valence-corrected chi connectivity index (χ0v) is 15.4. The molecule has 0 saturated carbocycles. The number of carbonyl (C=O) groups excluding carboxylic acids is 2. The van der Waals surface area contributed by atoms with Crippen molar-refractivity contribution < 1.29 is 14.1 Å². The lowest BCUT2D eigenvalue weighted by molar-refractivity contribution is -0.119. The quantitative estimate of drug-likeness (QED) is 0.889. The second-order valence-corrected chi connectivity index (χ2v) is 6.53. The third-order valence-electron chi connectivity index (χ3n) is 4.68. The number of aryl methyl sites for hydroxylation is 2. The van der Waals surface area contributed by atoms with Crippen LogP contribution in [0, 0.1) is 6.92 Å². The summed E-state index contributed by atoms with van der Waals surface area (Å²) in [6.45, 7) is 6.29. The normalized spacial score (nSPS) is 16.7. The van der Waals surface area contributed by atoms with E-state index < -0.39 is 0 Å². The van der Waals surface area contributed by atoms with E-state index >= 15 is 0 Å². The number of nitrogens with one attached hydrogen (secondary N) is 1. The van der Waals surface area contributed by atoms with Crippen molar-refractivity contribution in [1.29, 1.82) is 0 Å². The largest absolute Gasteiger partial charge is 0.361 e. The molecular formula is C19H24N4O3. The van der Waals surface area contributed by atoms with Crippen LogP contribution in [0.3, 0.4) is 0 Å². The molecule has 3 heterocycles. The summed E-state index contributed by atoms with van der Waals surface area (Å²) >= 11 is 0. The van der Waals surface area contributed by atoms with E-state index in [0.717, 1.165) is 24.2 Å². The zero-order valence-electron chi connectivity index (χ0n) is 15.4. The van der Waals surface area contributed by atoms with Crippen LogP contribution < -0.4 is 5.32 Å². The van der Waals surface area contributed by atoms with Crippen LogP contribution in [-0.4, -0.2) is 33.4 Å². The first-order chi connectivity index (χ1) is 12.5. The van der Waals surface area contributed by atoms with Crippen molar-refractivity contribution >= 4 is 11.8 Å². The van der Waals surface area contributed by atoms with Crippen LogP contribution in [0.2, 0.25) is 0 Å². The molecule has 1 atom stereocenters. The molecule has 1 N–H and O–H groups in total. The molecule has 1 fully saturated rings. The van der Waals surface area contributed by atoms with E-state index in [2.05, 4.69) is 15.5 Å². The molecular weight excluding hydrogens is 332 g/mol. The third-order valence-corrected chi connectivity index (χ3v) is 4.68. The molecule has 2 aromatic rings. The third kappa shape index (κ3) is 3.61. The molecule has 138 valence electrons. The molecule has 0 aromatic carbocycles. The Morgan fingerprint density at radius 2 is 2.19 bits per heavy atom. The summed E-state index contributed by atoms with van der Waals surface area (Å²) in [5.74, 6) is 0.423. The Morgan fingerprint density at radius 3 is 2.92 bits per heavy atom. The fourth-order valence-corrected chi connectivity index (χ4v) is 3.39. The highest BCUT2D eigenvalue weighted by atomic mass is 16.5. The molecule has 0 spiro atoms. The van der Waals surface area contributed by atoms with Crippen LogP contribution in [-0.2, 0) is 17.8 Å². The summed E-state index contributed by atoms with van der Waals surface area (Å²) in [7, 11) is 0. The Labute approximate surface area is 152 Å². The maximum absolute atomic E-state index is 13.1. The zero-order chi connectivity index (χ0) is 18.7. The van der Waals surface area contributed by atoms with Gasteiger partial charge in [0.05, 0.1) is 29.7 Å². The van der Waals surface area contributed by atoms with E-state index in [1.807, 2.05) is 30.0 Å². The molecule has 1 aliphatic rings. The first-order valence-electron chi connectivity index (χ1n) is 8.97. The van der Waals surface area contributed by atoms with E-state index in [0.29, 0.717) is 36.5 Å². The van der Waals surface area contributed by atoms with Crippen molar-refractivity contribution in [2.75, 3.05) is 6.54 Å². The predicted octanol–water partition coefficient (Wildman–Crippen LogP) is 2.55. The van der Waals surface area contributed by atoms with Gasteiger partial charge in [0.1, 0.15) is 11.3 Å². The molecule has 7 heteroatoms. The van der Waals surface area contributed by atoms with Gasteiger partial charge in [0, 0.05) is 13.5 Å². The summed E-state index contributed by atoms with van der Waals surface area (Å²) < 4.78 is 5.23. The molecule has 0 bridgehead atoms. The van der Waals surface area contributed by atoms with Crippen molar-refractivity contribution in [2.24, 2.45) is 0 Å². The molecule has 0 radical (unpaired) electrons. The fourth-order valence-electron chi connectivity index (χ4n) is 3.39. The summed E-state index contributed by atoms with van der Waals surface area (Å²) in [6, 6.07) is 5.66. The van der Waals surface area contributed by atoms with E-state index in [4.69, 9.17) is 4.52 Å². The van der Waals surface area contributed by atoms with E-state index in [-0.39, 0.29) is 17.9 Å². The highest BCUT2D eigenvalue weighted by Gasteiger charge is 2.34. The van der Waals surface area contributed by atoms with E-state index in [9.17, 15) is 9.59 Å². The van der Waals surface area contributed by atoms with Crippen LogP contribution in [0.4, 0.5) is 0 Å². The van der Waals surface area contributed by atoms with Gasteiger partial charge in [-0.15, -0.1) is 0 Å². The van der Waals surface area contributed by atoms with E-state index in [1.165, 1.54) is 6.92 Å². The molecule has 1 saturated heterocycles. The average molecular weight is 356 g/mol. The van der Waals surface area contributed by atoms with Crippen molar-refractivity contribution in [2.45, 2.75) is 52.6 Å². The molecule has 7 nitrogen and oxygen atoms in total. The van der Waals surface area contributed by atoms with Crippen LogP contribution in [0.25, 0.3) is 0 Å². The predicted molar refractivity (Wildman–Crippen MR) is 95.4 cm³/mol. The first-order valence-corrected chi connectivity index (χ1v) is 8.97. The van der Waals surface area contributed by atoms with Gasteiger partial charge in [0.25, 0.3) is 5.91 Å². The number of carbonyl (C=O) groups is 2. The highest BCUT2D eigenvalue weighted by molar-refractivity contribution is 5.96. The van der Waals surface area contributed by atoms with Crippen LogP contribution in [0.5, 0.6) is 0 Å². The lowest BCUT2D eigenvalue weighted by atomic mass is 10.1. The van der Waals surface area contributed by atoms with Gasteiger partial charge < -0.3 is 14.7 Å². The lowest BCUT2D eigenvalue weighted by Gasteiger charge is -2.24. The second kappa shape index (κ2) is 7.68. The number of likely N-dealkylation sites (tertiary alicyclic amines) is 1. The molecule has 26 heavy (non-hydrogen) atoms. The smallest absolute Gasteiger partial charge is 0.259 e. The lowest BCUT2D eigenvalue weighted by Crippen LogP contribution is -2.32. The number of amides is 2. The standard InChI is InChI=1S/C19H24N4O3/c1-4-15-18(12(2)26-22-15)19(25)23-10-6-9-17(23)16-8-5-7-14(21-16)11-20-13(3)24/h5,7-8,17H,4,6,9-11H2,1-3H3,(H,20,24)/t17-/m0/s1. The van der Waals surface area contributed by atoms with Crippen molar-refractivity contribution in [3.05, 3.63) is 46.6 Å². The molecule has 0 aliphatic carbocycles. The van der Waals surface area contributed by atoms with Gasteiger partial charge in [0.15, 0.2) is 0 Å². The Balaban J connectivity index is 1.84.